The Morgan fingerprint density at radius 2 is 1.72 bits per heavy atom. The summed E-state index contributed by atoms with van der Waals surface area (Å²) < 4.78 is 0. The summed E-state index contributed by atoms with van der Waals surface area (Å²) in [4.78, 5) is 16.5. The second-order valence-electron chi connectivity index (χ2n) is 5.19. The Bertz CT molecular complexity index is 420. The van der Waals surface area contributed by atoms with Crippen LogP contribution in [0.2, 0.25) is 0 Å². The number of rotatable bonds is 3. The van der Waals surface area contributed by atoms with E-state index in [-0.39, 0.29) is 5.78 Å². The Balaban J connectivity index is 2.12. The minimum Gasteiger partial charge on any atom is -0.368 e. The van der Waals surface area contributed by atoms with Crippen molar-refractivity contribution < 1.29 is 4.79 Å². The van der Waals surface area contributed by atoms with E-state index in [2.05, 4.69) is 29.7 Å². The van der Waals surface area contributed by atoms with E-state index in [4.69, 9.17) is 0 Å². The summed E-state index contributed by atoms with van der Waals surface area (Å²) in [6.45, 7) is 10.3. The van der Waals surface area contributed by atoms with Crippen molar-refractivity contribution >= 4 is 11.5 Å². The van der Waals surface area contributed by atoms with Gasteiger partial charge in [0, 0.05) is 43.5 Å². The fourth-order valence-electron chi connectivity index (χ4n) is 2.53. The van der Waals surface area contributed by atoms with E-state index in [9.17, 15) is 4.79 Å². The van der Waals surface area contributed by atoms with Crippen molar-refractivity contribution in [3.63, 3.8) is 0 Å². The van der Waals surface area contributed by atoms with Gasteiger partial charge in [-0.1, -0.05) is 12.1 Å². The molecule has 0 unspecified atom stereocenters. The summed E-state index contributed by atoms with van der Waals surface area (Å²) in [6.07, 6.45) is 0. The smallest absolute Gasteiger partial charge is 0.161 e. The zero-order valence-electron chi connectivity index (χ0n) is 11.5. The maximum Gasteiger partial charge on any atom is 0.161 e. The Morgan fingerprint density at radius 3 is 2.28 bits per heavy atom. The lowest BCUT2D eigenvalue weighted by Crippen LogP contribution is -2.49. The minimum absolute atomic E-state index is 0.150. The summed E-state index contributed by atoms with van der Waals surface area (Å²) in [5, 5.41) is 0. The number of carbonyl (C=O) groups is 1. The molecule has 0 radical (unpaired) electrons. The molecule has 0 atom stereocenters. The molecular formula is C15H22N2O. The van der Waals surface area contributed by atoms with Gasteiger partial charge in [-0.2, -0.15) is 0 Å². The van der Waals surface area contributed by atoms with Crippen molar-refractivity contribution in [2.24, 2.45) is 0 Å². The van der Waals surface area contributed by atoms with E-state index >= 15 is 0 Å². The molecule has 3 nitrogen and oxygen atoms in total. The molecule has 1 fully saturated rings. The van der Waals surface area contributed by atoms with E-state index in [1.54, 1.807) is 6.92 Å². The first-order chi connectivity index (χ1) is 8.59. The zero-order chi connectivity index (χ0) is 13.1. The molecule has 1 heterocycles. The van der Waals surface area contributed by atoms with Crippen LogP contribution in [-0.4, -0.2) is 42.9 Å². The predicted octanol–water partition coefficient (Wildman–Crippen LogP) is 2.42. The molecule has 1 aromatic carbocycles. The number of hydrogen-bond acceptors (Lipinski definition) is 3. The van der Waals surface area contributed by atoms with Crippen molar-refractivity contribution in [3.8, 4) is 0 Å². The highest BCUT2D eigenvalue weighted by molar-refractivity contribution is 5.99. The first kappa shape index (κ1) is 13.1. The maximum atomic E-state index is 11.6. The number of benzene rings is 1. The number of anilines is 1. The molecule has 0 N–H and O–H groups in total. The Morgan fingerprint density at radius 1 is 1.11 bits per heavy atom. The number of nitrogens with zero attached hydrogens (tertiary/aromatic N) is 2. The maximum absolute atomic E-state index is 11.6. The molecule has 0 aliphatic carbocycles. The summed E-state index contributed by atoms with van der Waals surface area (Å²) in [7, 11) is 0. The van der Waals surface area contributed by atoms with Gasteiger partial charge in [0.1, 0.15) is 0 Å². The fraction of sp³-hybridized carbons (Fsp3) is 0.533. The van der Waals surface area contributed by atoms with Crippen LogP contribution in [0.15, 0.2) is 24.3 Å². The van der Waals surface area contributed by atoms with Crippen LogP contribution in [0.3, 0.4) is 0 Å². The van der Waals surface area contributed by atoms with Crippen molar-refractivity contribution in [3.05, 3.63) is 29.8 Å². The van der Waals surface area contributed by atoms with Crippen LogP contribution >= 0.6 is 0 Å². The Labute approximate surface area is 109 Å². The lowest BCUT2D eigenvalue weighted by molar-refractivity contribution is 0.101. The Hall–Kier alpha value is -1.35. The van der Waals surface area contributed by atoms with Crippen molar-refractivity contribution in [1.29, 1.82) is 0 Å². The van der Waals surface area contributed by atoms with Gasteiger partial charge in [0.15, 0.2) is 5.78 Å². The number of piperazine rings is 1. The van der Waals surface area contributed by atoms with Crippen LogP contribution in [-0.2, 0) is 0 Å². The lowest BCUT2D eigenvalue weighted by Gasteiger charge is -2.38. The number of carbonyl (C=O) groups excluding carboxylic acids is 1. The van der Waals surface area contributed by atoms with E-state index in [1.165, 1.54) is 0 Å². The number of Topliss-reactive ketones (excluding diaryl/α,β-unsaturated/α-hetero) is 1. The van der Waals surface area contributed by atoms with E-state index in [1.807, 2.05) is 18.2 Å². The van der Waals surface area contributed by atoms with Gasteiger partial charge in [-0.15, -0.1) is 0 Å². The molecular weight excluding hydrogens is 224 g/mol. The normalized spacial score (nSPS) is 17.2. The van der Waals surface area contributed by atoms with E-state index in [0.717, 1.165) is 37.4 Å². The third kappa shape index (κ3) is 2.72. The average molecular weight is 246 g/mol. The molecule has 2 rings (SSSR count). The molecule has 98 valence electrons. The highest BCUT2D eigenvalue weighted by Gasteiger charge is 2.21. The highest BCUT2D eigenvalue weighted by atomic mass is 16.1. The molecule has 0 saturated carbocycles. The van der Waals surface area contributed by atoms with Gasteiger partial charge in [0.05, 0.1) is 0 Å². The molecule has 1 saturated heterocycles. The van der Waals surface area contributed by atoms with Gasteiger partial charge < -0.3 is 4.90 Å². The monoisotopic (exact) mass is 246 g/mol. The van der Waals surface area contributed by atoms with E-state index in [0.29, 0.717) is 6.04 Å². The summed E-state index contributed by atoms with van der Waals surface area (Å²) in [5.74, 6) is 0.150. The third-order valence-electron chi connectivity index (χ3n) is 3.67. The van der Waals surface area contributed by atoms with Crippen LogP contribution in [0.1, 0.15) is 31.1 Å². The van der Waals surface area contributed by atoms with Gasteiger partial charge in [0.25, 0.3) is 0 Å². The topological polar surface area (TPSA) is 23.6 Å². The van der Waals surface area contributed by atoms with Gasteiger partial charge in [-0.25, -0.2) is 0 Å². The van der Waals surface area contributed by atoms with Gasteiger partial charge in [-0.05, 0) is 32.9 Å². The number of hydrogen-bond donors (Lipinski definition) is 0. The van der Waals surface area contributed by atoms with Gasteiger partial charge >= 0.3 is 0 Å². The minimum atomic E-state index is 0.150. The van der Waals surface area contributed by atoms with Gasteiger partial charge in [0.2, 0.25) is 0 Å². The molecule has 0 spiro atoms. The second kappa shape index (κ2) is 5.53. The average Bonchev–Trinajstić information content (AvgIpc) is 2.39. The fourth-order valence-corrected chi connectivity index (χ4v) is 2.53. The summed E-state index contributed by atoms with van der Waals surface area (Å²) >= 11 is 0. The van der Waals surface area contributed by atoms with Gasteiger partial charge in [-0.3, -0.25) is 9.69 Å². The first-order valence-corrected chi connectivity index (χ1v) is 6.68. The molecule has 1 aromatic rings. The van der Waals surface area contributed by atoms with Crippen molar-refractivity contribution in [1.82, 2.24) is 4.90 Å². The molecule has 0 bridgehead atoms. The molecule has 0 aromatic heterocycles. The zero-order valence-corrected chi connectivity index (χ0v) is 11.5. The quantitative estimate of drug-likeness (QED) is 0.765. The lowest BCUT2D eigenvalue weighted by atomic mass is 10.1. The second-order valence-corrected chi connectivity index (χ2v) is 5.19. The molecule has 1 aliphatic heterocycles. The number of ketones is 1. The molecule has 0 amide bonds. The Kier molecular flexibility index (Phi) is 4.02. The number of para-hydroxylation sites is 1. The van der Waals surface area contributed by atoms with Crippen molar-refractivity contribution in [2.45, 2.75) is 26.8 Å². The standard InChI is InChI=1S/C15H22N2O/c1-12(2)16-8-10-17(11-9-16)15-7-5-4-6-14(15)13(3)18/h4-7,12H,8-11H2,1-3H3. The summed E-state index contributed by atoms with van der Waals surface area (Å²) in [6, 6.07) is 8.53. The molecule has 3 heteroatoms. The van der Waals surface area contributed by atoms with Crippen LogP contribution in [0, 0.1) is 0 Å². The molecule has 1 aliphatic rings. The third-order valence-corrected chi connectivity index (χ3v) is 3.67. The SMILES string of the molecule is CC(=O)c1ccccc1N1CCN(C(C)C)CC1. The predicted molar refractivity (Wildman–Crippen MR) is 75.4 cm³/mol. The summed E-state index contributed by atoms with van der Waals surface area (Å²) in [5.41, 5.74) is 1.93. The van der Waals surface area contributed by atoms with Crippen LogP contribution in [0.5, 0.6) is 0 Å². The largest absolute Gasteiger partial charge is 0.368 e. The highest BCUT2D eigenvalue weighted by Crippen LogP contribution is 2.22. The van der Waals surface area contributed by atoms with Crippen LogP contribution < -0.4 is 4.90 Å². The molecule has 18 heavy (non-hydrogen) atoms. The van der Waals surface area contributed by atoms with Crippen molar-refractivity contribution in [2.75, 3.05) is 31.1 Å². The first-order valence-electron chi connectivity index (χ1n) is 6.68. The van der Waals surface area contributed by atoms with E-state index < -0.39 is 0 Å². The van der Waals surface area contributed by atoms with Crippen LogP contribution in [0.25, 0.3) is 0 Å². The van der Waals surface area contributed by atoms with Crippen LogP contribution in [0.4, 0.5) is 5.69 Å².